The van der Waals surface area contributed by atoms with Crippen LogP contribution in [0.4, 0.5) is 0 Å². The second-order valence-corrected chi connectivity index (χ2v) is 9.67. The molecule has 1 atom stereocenters. The molecule has 3 aliphatic rings. The number of piperazine rings is 1. The third kappa shape index (κ3) is 5.69. The van der Waals surface area contributed by atoms with E-state index in [2.05, 4.69) is 26.9 Å². The van der Waals surface area contributed by atoms with Gasteiger partial charge in [-0.1, -0.05) is 12.1 Å². The molecule has 1 aromatic carbocycles. The Balaban J connectivity index is 1.31. The van der Waals surface area contributed by atoms with Crippen molar-refractivity contribution in [2.24, 2.45) is 0 Å². The van der Waals surface area contributed by atoms with Crippen molar-refractivity contribution in [3.8, 4) is 5.75 Å². The van der Waals surface area contributed by atoms with Crippen molar-refractivity contribution in [3.05, 3.63) is 59.4 Å². The first-order valence-electron chi connectivity index (χ1n) is 12.8. The Morgan fingerprint density at radius 3 is 2.50 bits per heavy atom. The van der Waals surface area contributed by atoms with E-state index in [-0.39, 0.29) is 17.9 Å². The molecule has 0 aliphatic carbocycles. The van der Waals surface area contributed by atoms with Gasteiger partial charge < -0.3 is 19.3 Å². The van der Waals surface area contributed by atoms with Crippen molar-refractivity contribution >= 4 is 11.8 Å². The zero-order valence-electron chi connectivity index (χ0n) is 21.0. The highest BCUT2D eigenvalue weighted by Crippen LogP contribution is 2.29. The van der Waals surface area contributed by atoms with Crippen LogP contribution in [0.25, 0.3) is 0 Å². The molecule has 2 aromatic rings. The van der Waals surface area contributed by atoms with Gasteiger partial charge in [-0.3, -0.25) is 24.4 Å². The molecular formula is C27H35N5O4. The maximum absolute atomic E-state index is 14.0. The van der Waals surface area contributed by atoms with Crippen molar-refractivity contribution in [3.63, 3.8) is 0 Å². The summed E-state index contributed by atoms with van der Waals surface area (Å²) in [4.78, 5) is 38.3. The van der Waals surface area contributed by atoms with Crippen molar-refractivity contribution in [2.45, 2.75) is 26.1 Å². The second kappa shape index (κ2) is 11.4. The number of carbonyl (C=O) groups is 2. The summed E-state index contributed by atoms with van der Waals surface area (Å²) in [7, 11) is 0. The molecular weight excluding hydrogens is 458 g/mol. The number of nitrogens with zero attached hydrogens (tertiary/aromatic N) is 5. The van der Waals surface area contributed by atoms with Gasteiger partial charge in [0.15, 0.2) is 0 Å². The quantitative estimate of drug-likeness (QED) is 0.625. The van der Waals surface area contributed by atoms with Crippen molar-refractivity contribution in [1.82, 2.24) is 24.6 Å². The third-order valence-electron chi connectivity index (χ3n) is 7.29. The number of fused-ring (bicyclic) bond motifs is 1. The first-order valence-corrected chi connectivity index (χ1v) is 12.8. The van der Waals surface area contributed by atoms with E-state index in [1.54, 1.807) is 19.3 Å². The van der Waals surface area contributed by atoms with Crippen molar-refractivity contribution in [1.29, 1.82) is 0 Å². The molecule has 0 radical (unpaired) electrons. The molecule has 36 heavy (non-hydrogen) atoms. The minimum Gasteiger partial charge on any atom is -0.491 e. The van der Waals surface area contributed by atoms with Crippen LogP contribution in [-0.4, -0.2) is 102 Å². The van der Waals surface area contributed by atoms with Crippen LogP contribution >= 0.6 is 0 Å². The first kappa shape index (κ1) is 24.7. The summed E-state index contributed by atoms with van der Waals surface area (Å²) >= 11 is 0. The number of rotatable bonds is 5. The van der Waals surface area contributed by atoms with E-state index in [1.165, 1.54) is 5.56 Å². The van der Waals surface area contributed by atoms with Crippen molar-refractivity contribution in [2.75, 3.05) is 65.6 Å². The zero-order valence-corrected chi connectivity index (χ0v) is 21.0. The number of aromatic nitrogens is 1. The SMILES string of the molecule is CC(=O)N1CCN(Cc2ccc3c(c2)CN(C(=O)C(c2cccnc2)N2CCOCC2)CCO3)CC1. The predicted octanol–water partition coefficient (Wildman–Crippen LogP) is 1.54. The number of hydrogen-bond acceptors (Lipinski definition) is 7. The Labute approximate surface area is 212 Å². The third-order valence-corrected chi connectivity index (χ3v) is 7.29. The van der Waals surface area contributed by atoms with E-state index >= 15 is 0 Å². The van der Waals surface area contributed by atoms with Crippen LogP contribution in [0.15, 0.2) is 42.7 Å². The summed E-state index contributed by atoms with van der Waals surface area (Å²) in [5, 5.41) is 0. The van der Waals surface area contributed by atoms with Crippen molar-refractivity contribution < 1.29 is 19.1 Å². The fraction of sp³-hybridized carbons (Fsp3) is 0.519. The van der Waals surface area contributed by atoms with Crippen LogP contribution < -0.4 is 4.74 Å². The molecule has 0 bridgehead atoms. The molecule has 2 saturated heterocycles. The highest BCUT2D eigenvalue weighted by Gasteiger charge is 2.33. The van der Waals surface area contributed by atoms with Crippen LogP contribution in [0, 0.1) is 0 Å². The van der Waals surface area contributed by atoms with Gasteiger partial charge in [0, 0.05) is 77.2 Å². The maximum atomic E-state index is 14.0. The first-order chi connectivity index (χ1) is 17.6. The molecule has 0 spiro atoms. The van der Waals surface area contributed by atoms with Gasteiger partial charge in [-0.2, -0.15) is 0 Å². The molecule has 2 fully saturated rings. The number of benzene rings is 1. The van der Waals surface area contributed by atoms with E-state index in [4.69, 9.17) is 9.47 Å². The van der Waals surface area contributed by atoms with Gasteiger partial charge in [-0.05, 0) is 29.3 Å². The van der Waals surface area contributed by atoms with E-state index in [9.17, 15) is 9.59 Å². The zero-order chi connectivity index (χ0) is 24.9. The summed E-state index contributed by atoms with van der Waals surface area (Å²) in [5.74, 6) is 1.06. The molecule has 9 nitrogen and oxygen atoms in total. The summed E-state index contributed by atoms with van der Waals surface area (Å²) in [6, 6.07) is 9.80. The lowest BCUT2D eigenvalue weighted by Gasteiger charge is -2.36. The largest absolute Gasteiger partial charge is 0.491 e. The van der Waals surface area contributed by atoms with Gasteiger partial charge in [0.1, 0.15) is 18.4 Å². The Kier molecular flexibility index (Phi) is 7.79. The summed E-state index contributed by atoms with van der Waals surface area (Å²) in [6.45, 7) is 9.92. The number of hydrogen-bond donors (Lipinski definition) is 0. The summed E-state index contributed by atoms with van der Waals surface area (Å²) in [6.07, 6.45) is 3.53. The van der Waals surface area contributed by atoms with Gasteiger partial charge >= 0.3 is 0 Å². The minimum absolute atomic E-state index is 0.0760. The minimum atomic E-state index is -0.384. The molecule has 4 heterocycles. The average Bonchev–Trinajstić information content (AvgIpc) is 3.13. The van der Waals surface area contributed by atoms with Gasteiger partial charge in [0.25, 0.3) is 0 Å². The fourth-order valence-electron chi connectivity index (χ4n) is 5.27. The number of carbonyl (C=O) groups excluding carboxylic acids is 2. The van der Waals surface area contributed by atoms with Crippen LogP contribution in [0.5, 0.6) is 5.75 Å². The normalized spacial score (nSPS) is 20.2. The lowest BCUT2D eigenvalue weighted by Crippen LogP contribution is -2.47. The van der Waals surface area contributed by atoms with Gasteiger partial charge in [-0.15, -0.1) is 0 Å². The number of amides is 2. The molecule has 192 valence electrons. The number of ether oxygens (including phenoxy) is 2. The van der Waals surface area contributed by atoms with Gasteiger partial charge in [0.2, 0.25) is 11.8 Å². The Morgan fingerprint density at radius 1 is 0.972 bits per heavy atom. The van der Waals surface area contributed by atoms with Crippen LogP contribution in [0.1, 0.15) is 29.7 Å². The van der Waals surface area contributed by atoms with Gasteiger partial charge in [0.05, 0.1) is 19.8 Å². The molecule has 2 amide bonds. The fourth-order valence-corrected chi connectivity index (χ4v) is 5.27. The van der Waals surface area contributed by atoms with E-state index < -0.39 is 0 Å². The van der Waals surface area contributed by atoms with E-state index in [0.29, 0.717) is 46.0 Å². The Hall–Kier alpha value is -3.01. The topological polar surface area (TPSA) is 78.5 Å². The number of pyridine rings is 1. The van der Waals surface area contributed by atoms with Crippen LogP contribution in [0.2, 0.25) is 0 Å². The van der Waals surface area contributed by atoms with E-state index in [1.807, 2.05) is 28.0 Å². The summed E-state index contributed by atoms with van der Waals surface area (Å²) < 4.78 is 11.6. The average molecular weight is 494 g/mol. The molecule has 1 aromatic heterocycles. The Morgan fingerprint density at radius 2 is 1.78 bits per heavy atom. The predicted molar refractivity (Wildman–Crippen MR) is 134 cm³/mol. The lowest BCUT2D eigenvalue weighted by atomic mass is 10.0. The standard InChI is InChI=1S/C27H35N5O4/c1-21(33)30-9-7-29(8-10-30)19-22-4-5-25-24(17-22)20-32(13-16-36-25)27(34)26(23-3-2-6-28-18-23)31-11-14-35-15-12-31/h2-6,17-18,26H,7-16,19-20H2,1H3. The molecule has 0 saturated carbocycles. The van der Waals surface area contributed by atoms with E-state index in [0.717, 1.165) is 49.6 Å². The second-order valence-electron chi connectivity index (χ2n) is 9.67. The molecule has 0 N–H and O–H groups in total. The highest BCUT2D eigenvalue weighted by molar-refractivity contribution is 5.83. The van der Waals surface area contributed by atoms with Crippen LogP contribution in [0.3, 0.4) is 0 Å². The van der Waals surface area contributed by atoms with Crippen LogP contribution in [-0.2, 0) is 27.4 Å². The molecule has 5 rings (SSSR count). The monoisotopic (exact) mass is 493 g/mol. The molecule has 3 aliphatic heterocycles. The Bertz CT molecular complexity index is 1050. The smallest absolute Gasteiger partial charge is 0.245 e. The number of morpholine rings is 1. The lowest BCUT2D eigenvalue weighted by molar-refractivity contribution is -0.140. The molecule has 1 unspecified atom stereocenters. The van der Waals surface area contributed by atoms with Gasteiger partial charge in [-0.25, -0.2) is 0 Å². The summed E-state index contributed by atoms with van der Waals surface area (Å²) in [5.41, 5.74) is 3.14. The maximum Gasteiger partial charge on any atom is 0.245 e. The molecule has 9 heteroatoms. The highest BCUT2D eigenvalue weighted by atomic mass is 16.5.